The van der Waals surface area contributed by atoms with Crippen molar-refractivity contribution >= 4 is 11.8 Å². The third-order valence-electron chi connectivity index (χ3n) is 2.07. The van der Waals surface area contributed by atoms with Crippen LogP contribution in [0.1, 0.15) is 18.6 Å². The Morgan fingerprint density at radius 2 is 2.00 bits per heavy atom. The van der Waals surface area contributed by atoms with E-state index in [2.05, 4.69) is 11.3 Å². The fourth-order valence-electron chi connectivity index (χ4n) is 1.32. The summed E-state index contributed by atoms with van der Waals surface area (Å²) in [5.74, 6) is 0. The van der Waals surface area contributed by atoms with E-state index in [1.165, 1.54) is 24.3 Å². The number of ether oxygens (including phenoxy) is 1. The van der Waals surface area contributed by atoms with Crippen molar-refractivity contribution < 1.29 is 19.6 Å². The Labute approximate surface area is 97.3 Å². The summed E-state index contributed by atoms with van der Waals surface area (Å²) in [7, 11) is 0. The molecule has 6 heteroatoms. The Balaban J connectivity index is 2.99. The van der Waals surface area contributed by atoms with Crippen molar-refractivity contribution in [3.63, 3.8) is 0 Å². The maximum atomic E-state index is 10.5. The van der Waals surface area contributed by atoms with Crippen molar-refractivity contribution in [3.8, 4) is 0 Å². The predicted octanol–water partition coefficient (Wildman–Crippen LogP) is 2.91. The van der Waals surface area contributed by atoms with Crippen LogP contribution in [0.5, 0.6) is 0 Å². The zero-order valence-electron chi connectivity index (χ0n) is 9.12. The molecule has 1 aromatic rings. The van der Waals surface area contributed by atoms with Crippen LogP contribution in [0.15, 0.2) is 36.4 Å². The Bertz CT molecular complexity index is 451. The number of nitro groups is 1. The first kappa shape index (κ1) is 12.7. The number of rotatable bonds is 4. The topological polar surface area (TPSA) is 89.7 Å². The van der Waals surface area contributed by atoms with Crippen LogP contribution in [-0.4, -0.2) is 16.2 Å². The second-order valence-electron chi connectivity index (χ2n) is 3.46. The van der Waals surface area contributed by atoms with E-state index in [0.29, 0.717) is 11.1 Å². The molecule has 6 nitrogen and oxygen atoms in total. The van der Waals surface area contributed by atoms with Crippen molar-refractivity contribution in [1.29, 1.82) is 0 Å². The highest BCUT2D eigenvalue weighted by Crippen LogP contribution is 2.26. The molecular formula is C11H11NO5. The molecule has 0 aliphatic carbocycles. The minimum Gasteiger partial charge on any atom is -0.450 e. The van der Waals surface area contributed by atoms with Gasteiger partial charge >= 0.3 is 6.16 Å². The lowest BCUT2D eigenvalue weighted by molar-refractivity contribution is -0.384. The Morgan fingerprint density at radius 1 is 1.47 bits per heavy atom. The summed E-state index contributed by atoms with van der Waals surface area (Å²) in [4.78, 5) is 20.4. The lowest BCUT2D eigenvalue weighted by atomic mass is 10.0. The average Bonchev–Trinajstić information content (AvgIpc) is 2.25. The molecule has 0 heterocycles. The standard InChI is InChI=1S/C11H11NO5/c1-7(2)10(17-11(13)14)8-3-5-9(6-4-8)12(15)16/h3-6,10H,1H2,2H3,(H,13,14). The first-order valence-electron chi connectivity index (χ1n) is 4.71. The molecule has 0 bridgehead atoms. The van der Waals surface area contributed by atoms with E-state index in [4.69, 9.17) is 5.11 Å². The lowest BCUT2D eigenvalue weighted by Gasteiger charge is -2.15. The zero-order valence-corrected chi connectivity index (χ0v) is 9.12. The number of nitro benzene ring substituents is 1. The van der Waals surface area contributed by atoms with Gasteiger partial charge in [-0.2, -0.15) is 0 Å². The van der Waals surface area contributed by atoms with Gasteiger partial charge in [0.05, 0.1) is 4.92 Å². The van der Waals surface area contributed by atoms with Crippen LogP contribution in [0.25, 0.3) is 0 Å². The number of hydrogen-bond donors (Lipinski definition) is 1. The average molecular weight is 237 g/mol. The molecule has 0 amide bonds. The van der Waals surface area contributed by atoms with Crippen LogP contribution in [0.4, 0.5) is 10.5 Å². The molecule has 0 spiro atoms. The largest absolute Gasteiger partial charge is 0.506 e. The molecule has 0 saturated heterocycles. The molecule has 1 rings (SSSR count). The van der Waals surface area contributed by atoms with Crippen molar-refractivity contribution in [1.82, 2.24) is 0 Å². The van der Waals surface area contributed by atoms with E-state index in [1.807, 2.05) is 0 Å². The normalized spacial score (nSPS) is 11.6. The molecule has 0 aliphatic heterocycles. The second-order valence-corrected chi connectivity index (χ2v) is 3.46. The van der Waals surface area contributed by atoms with Crippen LogP contribution in [0, 0.1) is 10.1 Å². The van der Waals surface area contributed by atoms with E-state index in [0.717, 1.165) is 0 Å². The number of nitrogens with zero attached hydrogens (tertiary/aromatic N) is 1. The summed E-state index contributed by atoms with van der Waals surface area (Å²) >= 11 is 0. The van der Waals surface area contributed by atoms with Gasteiger partial charge in [0.25, 0.3) is 5.69 Å². The Morgan fingerprint density at radius 3 is 2.35 bits per heavy atom. The van der Waals surface area contributed by atoms with Crippen molar-refractivity contribution in [2.24, 2.45) is 0 Å². The van der Waals surface area contributed by atoms with Gasteiger partial charge in [-0.3, -0.25) is 10.1 Å². The van der Waals surface area contributed by atoms with Crippen molar-refractivity contribution in [3.05, 3.63) is 52.1 Å². The number of carbonyl (C=O) groups is 1. The summed E-state index contributed by atoms with van der Waals surface area (Å²) < 4.78 is 4.65. The van der Waals surface area contributed by atoms with Gasteiger partial charge in [0.2, 0.25) is 0 Å². The number of carboxylic acid groups (broad SMARTS) is 1. The van der Waals surface area contributed by atoms with Gasteiger partial charge in [0.1, 0.15) is 0 Å². The quantitative estimate of drug-likeness (QED) is 0.376. The maximum absolute atomic E-state index is 10.5. The molecule has 1 N–H and O–H groups in total. The summed E-state index contributed by atoms with van der Waals surface area (Å²) in [5, 5.41) is 19.0. The summed E-state index contributed by atoms with van der Waals surface area (Å²) in [6.07, 6.45) is -2.23. The molecule has 0 saturated carbocycles. The number of hydrogen-bond acceptors (Lipinski definition) is 4. The third-order valence-corrected chi connectivity index (χ3v) is 2.07. The fourth-order valence-corrected chi connectivity index (χ4v) is 1.32. The summed E-state index contributed by atoms with van der Waals surface area (Å²) in [6.45, 7) is 5.24. The maximum Gasteiger partial charge on any atom is 0.506 e. The fraction of sp³-hybridized carbons (Fsp3) is 0.182. The van der Waals surface area contributed by atoms with Gasteiger partial charge in [0, 0.05) is 12.1 Å². The van der Waals surface area contributed by atoms with Crippen LogP contribution in [-0.2, 0) is 4.74 Å². The molecule has 17 heavy (non-hydrogen) atoms. The lowest BCUT2D eigenvalue weighted by Crippen LogP contribution is -2.10. The molecule has 0 aromatic heterocycles. The van der Waals surface area contributed by atoms with Crippen molar-refractivity contribution in [2.45, 2.75) is 13.0 Å². The molecule has 0 fully saturated rings. The number of benzene rings is 1. The minimum absolute atomic E-state index is 0.0652. The number of non-ortho nitro benzene ring substituents is 1. The summed E-state index contributed by atoms with van der Waals surface area (Å²) in [6, 6.07) is 5.47. The van der Waals surface area contributed by atoms with E-state index >= 15 is 0 Å². The zero-order chi connectivity index (χ0) is 13.0. The monoisotopic (exact) mass is 237 g/mol. The molecule has 1 atom stereocenters. The van der Waals surface area contributed by atoms with Gasteiger partial charge in [-0.1, -0.05) is 6.58 Å². The highest BCUT2D eigenvalue weighted by Gasteiger charge is 2.17. The van der Waals surface area contributed by atoms with Crippen molar-refractivity contribution in [2.75, 3.05) is 0 Å². The SMILES string of the molecule is C=C(C)C(OC(=O)O)c1ccc([N+](=O)[O-])cc1. The molecule has 1 aromatic carbocycles. The van der Waals surface area contributed by atoms with Gasteiger partial charge in [-0.25, -0.2) is 4.79 Å². The predicted molar refractivity (Wildman–Crippen MR) is 59.8 cm³/mol. The smallest absolute Gasteiger partial charge is 0.450 e. The van der Waals surface area contributed by atoms with Gasteiger partial charge in [-0.05, 0) is 30.2 Å². The molecule has 0 radical (unpaired) electrons. The summed E-state index contributed by atoms with van der Waals surface area (Å²) in [5.41, 5.74) is 0.941. The molecule has 0 aliphatic rings. The minimum atomic E-state index is -1.42. The third kappa shape index (κ3) is 3.30. The molecule has 1 unspecified atom stereocenters. The van der Waals surface area contributed by atoms with E-state index in [-0.39, 0.29) is 5.69 Å². The van der Waals surface area contributed by atoms with Gasteiger partial charge in [-0.15, -0.1) is 0 Å². The second kappa shape index (κ2) is 5.11. The van der Waals surface area contributed by atoms with Gasteiger partial charge in [0.15, 0.2) is 6.10 Å². The highest BCUT2D eigenvalue weighted by molar-refractivity contribution is 5.58. The molecule has 90 valence electrons. The first-order valence-corrected chi connectivity index (χ1v) is 4.71. The van der Waals surface area contributed by atoms with E-state index < -0.39 is 17.2 Å². The van der Waals surface area contributed by atoms with Crippen LogP contribution in [0.3, 0.4) is 0 Å². The Hall–Kier alpha value is -2.37. The van der Waals surface area contributed by atoms with E-state index in [9.17, 15) is 14.9 Å². The molecular weight excluding hydrogens is 226 g/mol. The van der Waals surface area contributed by atoms with Gasteiger partial charge < -0.3 is 9.84 Å². The van der Waals surface area contributed by atoms with Crippen LogP contribution >= 0.6 is 0 Å². The van der Waals surface area contributed by atoms with Crippen LogP contribution in [0.2, 0.25) is 0 Å². The highest BCUT2D eigenvalue weighted by atomic mass is 16.7. The first-order chi connectivity index (χ1) is 7.91. The Kier molecular flexibility index (Phi) is 3.82. The van der Waals surface area contributed by atoms with E-state index in [1.54, 1.807) is 6.92 Å². The van der Waals surface area contributed by atoms with Crippen LogP contribution < -0.4 is 0 Å².